The molecule has 0 aliphatic heterocycles. The molecule has 0 N–H and O–H groups in total. The Morgan fingerprint density at radius 1 is 1.33 bits per heavy atom. The van der Waals surface area contributed by atoms with Crippen LogP contribution in [0.2, 0.25) is 0 Å². The number of hydrogen-bond acceptors (Lipinski definition) is 4. The van der Waals surface area contributed by atoms with Crippen molar-refractivity contribution >= 4 is 22.6 Å². The number of para-hydroxylation sites is 1. The minimum atomic E-state index is -0.0834. The van der Waals surface area contributed by atoms with E-state index in [0.717, 1.165) is 17.6 Å². The molecule has 0 bridgehead atoms. The van der Waals surface area contributed by atoms with E-state index < -0.39 is 0 Å². The predicted octanol–water partition coefficient (Wildman–Crippen LogP) is 3.47. The fraction of sp³-hybridized carbons (Fsp3) is 0.211. The van der Waals surface area contributed by atoms with Gasteiger partial charge in [-0.15, -0.1) is 0 Å². The fourth-order valence-electron chi connectivity index (χ4n) is 3.07. The van der Waals surface area contributed by atoms with E-state index in [-0.39, 0.29) is 17.7 Å². The highest BCUT2D eigenvalue weighted by Gasteiger charge is 2.47. The number of amides is 1. The number of aromatic nitrogens is 1. The average Bonchev–Trinajstić information content (AvgIpc) is 3.24. The first kappa shape index (κ1) is 14.5. The van der Waals surface area contributed by atoms with Crippen LogP contribution in [0.3, 0.4) is 0 Å². The van der Waals surface area contributed by atoms with Crippen LogP contribution in [-0.2, 0) is 4.79 Å². The van der Waals surface area contributed by atoms with Gasteiger partial charge in [-0.25, -0.2) is 4.98 Å². The Kier molecular flexibility index (Phi) is 3.31. The molecule has 3 aromatic rings. The Morgan fingerprint density at radius 3 is 2.92 bits per heavy atom. The number of hydrogen-bond donors (Lipinski definition) is 0. The van der Waals surface area contributed by atoms with Crippen LogP contribution in [-0.4, -0.2) is 17.9 Å². The van der Waals surface area contributed by atoms with Gasteiger partial charge in [0.05, 0.1) is 23.4 Å². The first-order chi connectivity index (χ1) is 11.7. The van der Waals surface area contributed by atoms with Crippen molar-refractivity contribution in [1.82, 2.24) is 4.98 Å². The van der Waals surface area contributed by atoms with Crippen LogP contribution in [0.15, 0.2) is 53.1 Å². The van der Waals surface area contributed by atoms with E-state index in [2.05, 4.69) is 11.1 Å². The number of carbonyl (C=O) groups excluding carboxylic acids is 1. The molecule has 0 saturated heterocycles. The average molecular weight is 317 g/mol. The van der Waals surface area contributed by atoms with Gasteiger partial charge in [-0.2, -0.15) is 5.26 Å². The van der Waals surface area contributed by atoms with E-state index in [1.807, 2.05) is 36.4 Å². The first-order valence-corrected chi connectivity index (χ1v) is 7.80. The highest BCUT2D eigenvalue weighted by molar-refractivity contribution is 5.98. The van der Waals surface area contributed by atoms with Crippen LogP contribution in [0.5, 0.6) is 0 Å². The lowest BCUT2D eigenvalue weighted by Gasteiger charge is -2.17. The molecule has 1 aromatic carbocycles. The van der Waals surface area contributed by atoms with Gasteiger partial charge in [0.2, 0.25) is 5.91 Å². The van der Waals surface area contributed by atoms with Gasteiger partial charge in [-0.3, -0.25) is 9.69 Å². The summed E-state index contributed by atoms with van der Waals surface area (Å²) >= 11 is 0. The number of nitrogens with zero attached hydrogens (tertiary/aromatic N) is 3. The summed E-state index contributed by atoms with van der Waals surface area (Å²) in [5.41, 5.74) is 1.23. The molecule has 1 aliphatic carbocycles. The predicted molar refractivity (Wildman–Crippen MR) is 89.4 cm³/mol. The van der Waals surface area contributed by atoms with Gasteiger partial charge in [0.15, 0.2) is 0 Å². The Bertz CT molecular complexity index is 956. The normalized spacial score (nSPS) is 19.0. The number of rotatable bonds is 3. The minimum absolute atomic E-state index is 0.00284. The summed E-state index contributed by atoms with van der Waals surface area (Å²) in [6, 6.07) is 15.1. The summed E-state index contributed by atoms with van der Waals surface area (Å²) in [6.45, 7) is 0. The lowest BCUT2D eigenvalue weighted by atomic mass is 10.1. The molecule has 0 spiro atoms. The Morgan fingerprint density at radius 2 is 2.17 bits per heavy atom. The number of carbonyl (C=O) groups is 1. The molecule has 5 nitrogen and oxygen atoms in total. The maximum absolute atomic E-state index is 12.7. The second-order valence-electron chi connectivity index (χ2n) is 6.02. The SMILES string of the molecule is CN(C(=O)[C@H]1C[C@@H]1c1ccco1)c1cc(C#N)c2ccccc2n1. The van der Waals surface area contributed by atoms with Crippen molar-refractivity contribution in [2.75, 3.05) is 11.9 Å². The first-order valence-electron chi connectivity index (χ1n) is 7.80. The summed E-state index contributed by atoms with van der Waals surface area (Å²) in [5.74, 6) is 1.42. The summed E-state index contributed by atoms with van der Waals surface area (Å²) in [5, 5.41) is 10.2. The lowest BCUT2D eigenvalue weighted by Crippen LogP contribution is -2.29. The molecule has 0 unspecified atom stereocenters. The van der Waals surface area contributed by atoms with Crippen LogP contribution < -0.4 is 4.90 Å². The third kappa shape index (κ3) is 2.33. The number of fused-ring (bicyclic) bond motifs is 1. The van der Waals surface area contributed by atoms with Crippen LogP contribution in [0.4, 0.5) is 5.82 Å². The molecule has 5 heteroatoms. The van der Waals surface area contributed by atoms with Crippen LogP contribution in [0.25, 0.3) is 10.9 Å². The second-order valence-corrected chi connectivity index (χ2v) is 6.02. The highest BCUT2D eigenvalue weighted by atomic mass is 16.3. The molecule has 4 rings (SSSR count). The minimum Gasteiger partial charge on any atom is -0.469 e. The van der Waals surface area contributed by atoms with Crippen LogP contribution in [0.1, 0.15) is 23.7 Å². The molecule has 1 aliphatic rings. The highest BCUT2D eigenvalue weighted by Crippen LogP contribution is 2.48. The molecular weight excluding hydrogens is 302 g/mol. The molecule has 118 valence electrons. The molecular formula is C19H15N3O2. The van der Waals surface area contributed by atoms with Crippen LogP contribution >= 0.6 is 0 Å². The van der Waals surface area contributed by atoms with Crippen molar-refractivity contribution in [2.24, 2.45) is 5.92 Å². The standard InChI is InChI=1S/C19H15N3O2/c1-22(19(23)15-10-14(15)17-7-4-8-24-17)18-9-12(11-20)13-5-2-3-6-16(13)21-18/h2-9,14-15H,10H2,1H3/t14-,15-/m0/s1. The van der Waals surface area contributed by atoms with Crippen molar-refractivity contribution in [3.05, 3.63) is 60.1 Å². The molecule has 0 radical (unpaired) electrons. The molecule has 1 fully saturated rings. The zero-order valence-corrected chi connectivity index (χ0v) is 13.1. The van der Waals surface area contributed by atoms with Gasteiger partial charge in [0.1, 0.15) is 11.6 Å². The maximum Gasteiger partial charge on any atom is 0.231 e. The zero-order valence-electron chi connectivity index (χ0n) is 13.1. The van der Waals surface area contributed by atoms with Crippen LogP contribution in [0, 0.1) is 17.2 Å². The summed E-state index contributed by atoms with van der Waals surface area (Å²) in [6.07, 6.45) is 2.42. The van der Waals surface area contributed by atoms with Crippen molar-refractivity contribution in [3.63, 3.8) is 0 Å². The van der Waals surface area contributed by atoms with E-state index in [0.29, 0.717) is 16.9 Å². The Hall–Kier alpha value is -3.13. The largest absolute Gasteiger partial charge is 0.469 e. The van der Waals surface area contributed by atoms with Gasteiger partial charge < -0.3 is 4.42 Å². The monoisotopic (exact) mass is 317 g/mol. The molecule has 1 amide bonds. The quantitative estimate of drug-likeness (QED) is 0.741. The van der Waals surface area contributed by atoms with Gasteiger partial charge in [0.25, 0.3) is 0 Å². The number of nitriles is 1. The van der Waals surface area contributed by atoms with E-state index >= 15 is 0 Å². The number of anilines is 1. The van der Waals surface area contributed by atoms with Gasteiger partial charge >= 0.3 is 0 Å². The summed E-state index contributed by atoms with van der Waals surface area (Å²) in [7, 11) is 1.71. The van der Waals surface area contributed by atoms with E-state index in [1.165, 1.54) is 0 Å². The van der Waals surface area contributed by atoms with Gasteiger partial charge in [0, 0.05) is 24.3 Å². The zero-order chi connectivity index (χ0) is 16.7. The number of pyridine rings is 1. The third-order valence-corrected chi connectivity index (χ3v) is 4.51. The maximum atomic E-state index is 12.7. The Balaban J connectivity index is 1.63. The van der Waals surface area contributed by atoms with E-state index in [9.17, 15) is 10.1 Å². The fourth-order valence-corrected chi connectivity index (χ4v) is 3.07. The van der Waals surface area contributed by atoms with E-state index in [1.54, 1.807) is 24.3 Å². The van der Waals surface area contributed by atoms with Crippen molar-refractivity contribution in [3.8, 4) is 6.07 Å². The van der Waals surface area contributed by atoms with Crippen molar-refractivity contribution in [2.45, 2.75) is 12.3 Å². The second kappa shape index (κ2) is 5.50. The van der Waals surface area contributed by atoms with Crippen molar-refractivity contribution < 1.29 is 9.21 Å². The number of benzene rings is 1. The third-order valence-electron chi connectivity index (χ3n) is 4.51. The smallest absolute Gasteiger partial charge is 0.231 e. The van der Waals surface area contributed by atoms with Gasteiger partial charge in [-0.1, -0.05) is 18.2 Å². The number of furan rings is 1. The molecule has 2 aromatic heterocycles. The Labute approximate surface area is 139 Å². The molecule has 1 saturated carbocycles. The van der Waals surface area contributed by atoms with E-state index in [4.69, 9.17) is 4.42 Å². The molecule has 24 heavy (non-hydrogen) atoms. The molecule has 2 atom stereocenters. The summed E-state index contributed by atoms with van der Waals surface area (Å²) < 4.78 is 5.39. The summed E-state index contributed by atoms with van der Waals surface area (Å²) in [4.78, 5) is 18.8. The lowest BCUT2D eigenvalue weighted by molar-refractivity contribution is -0.119. The van der Waals surface area contributed by atoms with Gasteiger partial charge in [-0.05, 0) is 30.7 Å². The molecule has 2 heterocycles. The van der Waals surface area contributed by atoms with Crippen molar-refractivity contribution in [1.29, 1.82) is 5.26 Å². The topological polar surface area (TPSA) is 70.1 Å².